The maximum atomic E-state index is 12.2. The first kappa shape index (κ1) is 12.9. The number of carbonyl (C=O) groups excluding carboxylic acids is 1. The van der Waals surface area contributed by atoms with Crippen molar-refractivity contribution < 1.29 is 14.7 Å². The van der Waals surface area contributed by atoms with Crippen molar-refractivity contribution in [2.45, 2.75) is 0 Å². The lowest BCUT2D eigenvalue weighted by molar-refractivity contribution is 0.0690. The Balaban J connectivity index is 1.85. The molecule has 0 fully saturated rings. The fourth-order valence-corrected chi connectivity index (χ4v) is 2.02. The molecular weight excluding hydrogens is 270 g/mol. The van der Waals surface area contributed by atoms with E-state index < -0.39 is 5.97 Å². The number of amides is 1. The topological polar surface area (TPSA) is 95.1 Å². The Hall–Kier alpha value is -3.15. The number of aromatic nitrogens is 2. The average molecular weight is 281 g/mol. The lowest BCUT2D eigenvalue weighted by Gasteiger charge is -2.04. The SMILES string of the molecule is O=C(O)c1cc(NC(=O)c2cc3ccccc3[nH]2)ccn1. The highest BCUT2D eigenvalue weighted by molar-refractivity contribution is 6.06. The standard InChI is InChI=1S/C15H11N3O3/c19-14(12-7-9-3-1-2-4-11(9)18-12)17-10-5-6-16-13(8-10)15(20)21/h1-8,18H,(H,20,21)(H,16,17,19). The quantitative estimate of drug-likeness (QED) is 0.687. The first-order chi connectivity index (χ1) is 10.1. The summed E-state index contributed by atoms with van der Waals surface area (Å²) in [6.07, 6.45) is 1.34. The molecular formula is C15H11N3O3. The fraction of sp³-hybridized carbons (Fsp3) is 0. The number of carboxylic acid groups (broad SMARTS) is 1. The Labute approximate surface area is 119 Å². The molecule has 104 valence electrons. The lowest BCUT2D eigenvalue weighted by Crippen LogP contribution is -2.13. The van der Waals surface area contributed by atoms with E-state index in [9.17, 15) is 9.59 Å². The number of anilines is 1. The Bertz CT molecular complexity index is 806. The molecule has 21 heavy (non-hydrogen) atoms. The van der Waals surface area contributed by atoms with Gasteiger partial charge in [0.05, 0.1) is 0 Å². The Morgan fingerprint density at radius 3 is 2.71 bits per heavy atom. The van der Waals surface area contributed by atoms with Gasteiger partial charge >= 0.3 is 5.97 Å². The van der Waals surface area contributed by atoms with Crippen molar-refractivity contribution in [3.63, 3.8) is 0 Å². The third-order valence-electron chi connectivity index (χ3n) is 3.01. The van der Waals surface area contributed by atoms with E-state index in [0.29, 0.717) is 11.4 Å². The summed E-state index contributed by atoms with van der Waals surface area (Å²) in [7, 11) is 0. The number of H-pyrrole nitrogens is 1. The molecule has 0 spiro atoms. The van der Waals surface area contributed by atoms with Crippen LogP contribution in [-0.4, -0.2) is 27.0 Å². The molecule has 0 saturated heterocycles. The molecule has 6 heteroatoms. The van der Waals surface area contributed by atoms with E-state index in [1.165, 1.54) is 18.3 Å². The second-order valence-corrected chi connectivity index (χ2v) is 4.46. The van der Waals surface area contributed by atoms with Crippen LogP contribution >= 0.6 is 0 Å². The Kier molecular flexibility index (Phi) is 3.12. The van der Waals surface area contributed by atoms with Gasteiger partial charge in [0, 0.05) is 22.8 Å². The van der Waals surface area contributed by atoms with Gasteiger partial charge < -0.3 is 15.4 Å². The van der Waals surface area contributed by atoms with Crippen LogP contribution in [0.2, 0.25) is 0 Å². The molecule has 3 rings (SSSR count). The summed E-state index contributed by atoms with van der Waals surface area (Å²) in [4.78, 5) is 29.7. The second kappa shape index (κ2) is 5.09. The zero-order valence-electron chi connectivity index (χ0n) is 10.8. The predicted molar refractivity (Wildman–Crippen MR) is 77.4 cm³/mol. The van der Waals surface area contributed by atoms with Crippen molar-refractivity contribution >= 4 is 28.5 Å². The number of carbonyl (C=O) groups is 2. The van der Waals surface area contributed by atoms with E-state index in [2.05, 4.69) is 15.3 Å². The Morgan fingerprint density at radius 2 is 1.95 bits per heavy atom. The number of rotatable bonds is 3. The molecule has 0 radical (unpaired) electrons. The largest absolute Gasteiger partial charge is 0.477 e. The smallest absolute Gasteiger partial charge is 0.354 e. The van der Waals surface area contributed by atoms with Gasteiger partial charge in [0.15, 0.2) is 0 Å². The molecule has 3 aromatic rings. The highest BCUT2D eigenvalue weighted by atomic mass is 16.4. The summed E-state index contributed by atoms with van der Waals surface area (Å²) in [5.41, 5.74) is 1.53. The van der Waals surface area contributed by atoms with Crippen molar-refractivity contribution in [3.05, 3.63) is 60.0 Å². The van der Waals surface area contributed by atoms with Gasteiger partial charge in [-0.05, 0) is 24.3 Å². The maximum Gasteiger partial charge on any atom is 0.354 e. The summed E-state index contributed by atoms with van der Waals surface area (Å²) < 4.78 is 0. The summed E-state index contributed by atoms with van der Waals surface area (Å²) in [6, 6.07) is 12.1. The van der Waals surface area contributed by atoms with Crippen LogP contribution < -0.4 is 5.32 Å². The van der Waals surface area contributed by atoms with E-state index in [1.54, 1.807) is 6.07 Å². The average Bonchev–Trinajstić information content (AvgIpc) is 2.91. The number of nitrogens with zero attached hydrogens (tertiary/aromatic N) is 1. The van der Waals surface area contributed by atoms with Gasteiger partial charge in [0.1, 0.15) is 11.4 Å². The molecule has 0 saturated carbocycles. The van der Waals surface area contributed by atoms with Gasteiger partial charge in [-0.25, -0.2) is 9.78 Å². The van der Waals surface area contributed by atoms with Crippen molar-refractivity contribution in [2.24, 2.45) is 0 Å². The molecule has 0 aliphatic heterocycles. The van der Waals surface area contributed by atoms with Crippen molar-refractivity contribution in [1.29, 1.82) is 0 Å². The van der Waals surface area contributed by atoms with Crippen LogP contribution in [-0.2, 0) is 0 Å². The molecule has 0 aliphatic carbocycles. The van der Waals surface area contributed by atoms with Crippen molar-refractivity contribution in [2.75, 3.05) is 5.32 Å². The molecule has 0 atom stereocenters. The predicted octanol–water partition coefficient (Wildman–Crippen LogP) is 2.51. The minimum Gasteiger partial charge on any atom is -0.477 e. The van der Waals surface area contributed by atoms with Gasteiger partial charge in [-0.15, -0.1) is 0 Å². The number of nitrogens with one attached hydrogen (secondary N) is 2. The second-order valence-electron chi connectivity index (χ2n) is 4.46. The molecule has 2 heterocycles. The number of hydrogen-bond acceptors (Lipinski definition) is 3. The minimum absolute atomic E-state index is 0.121. The first-order valence-corrected chi connectivity index (χ1v) is 6.22. The molecule has 1 amide bonds. The minimum atomic E-state index is -1.14. The number of aromatic carboxylic acids is 1. The number of pyridine rings is 1. The fourth-order valence-electron chi connectivity index (χ4n) is 2.02. The molecule has 1 aromatic carbocycles. The number of fused-ring (bicyclic) bond motifs is 1. The van der Waals surface area contributed by atoms with Gasteiger partial charge in [0.2, 0.25) is 0 Å². The van der Waals surface area contributed by atoms with Crippen LogP contribution in [0, 0.1) is 0 Å². The highest BCUT2D eigenvalue weighted by Gasteiger charge is 2.11. The van der Waals surface area contributed by atoms with E-state index in [-0.39, 0.29) is 11.6 Å². The lowest BCUT2D eigenvalue weighted by atomic mass is 10.2. The number of benzene rings is 1. The van der Waals surface area contributed by atoms with Crippen LogP contribution in [0.1, 0.15) is 21.0 Å². The van der Waals surface area contributed by atoms with Crippen molar-refractivity contribution in [3.8, 4) is 0 Å². The molecule has 3 N–H and O–H groups in total. The van der Waals surface area contributed by atoms with Gasteiger partial charge in [-0.2, -0.15) is 0 Å². The van der Waals surface area contributed by atoms with E-state index in [1.807, 2.05) is 24.3 Å². The van der Waals surface area contributed by atoms with Crippen LogP contribution in [0.15, 0.2) is 48.7 Å². The van der Waals surface area contributed by atoms with Crippen LogP contribution in [0.5, 0.6) is 0 Å². The number of para-hydroxylation sites is 1. The molecule has 6 nitrogen and oxygen atoms in total. The van der Waals surface area contributed by atoms with Gasteiger partial charge in [0.25, 0.3) is 5.91 Å². The van der Waals surface area contributed by atoms with Crippen LogP contribution in [0.25, 0.3) is 10.9 Å². The van der Waals surface area contributed by atoms with Crippen LogP contribution in [0.4, 0.5) is 5.69 Å². The monoisotopic (exact) mass is 281 g/mol. The highest BCUT2D eigenvalue weighted by Crippen LogP contribution is 2.16. The molecule has 2 aromatic heterocycles. The maximum absolute atomic E-state index is 12.2. The first-order valence-electron chi connectivity index (χ1n) is 6.22. The third kappa shape index (κ3) is 2.59. The Morgan fingerprint density at radius 1 is 1.14 bits per heavy atom. The number of carboxylic acids is 1. The third-order valence-corrected chi connectivity index (χ3v) is 3.01. The summed E-state index contributed by atoms with van der Waals surface area (Å²) in [5.74, 6) is -1.48. The van der Waals surface area contributed by atoms with E-state index >= 15 is 0 Å². The van der Waals surface area contributed by atoms with Gasteiger partial charge in [-0.1, -0.05) is 18.2 Å². The van der Waals surface area contributed by atoms with Crippen molar-refractivity contribution in [1.82, 2.24) is 9.97 Å². The zero-order chi connectivity index (χ0) is 14.8. The normalized spacial score (nSPS) is 10.5. The number of aromatic amines is 1. The summed E-state index contributed by atoms with van der Waals surface area (Å²) >= 11 is 0. The van der Waals surface area contributed by atoms with E-state index in [4.69, 9.17) is 5.11 Å². The zero-order valence-corrected chi connectivity index (χ0v) is 10.8. The summed E-state index contributed by atoms with van der Waals surface area (Å²) in [6.45, 7) is 0. The summed E-state index contributed by atoms with van der Waals surface area (Å²) in [5, 5.41) is 12.4. The van der Waals surface area contributed by atoms with Gasteiger partial charge in [-0.3, -0.25) is 4.79 Å². The van der Waals surface area contributed by atoms with E-state index in [0.717, 1.165) is 10.9 Å². The van der Waals surface area contributed by atoms with Crippen LogP contribution in [0.3, 0.4) is 0 Å². The number of hydrogen-bond donors (Lipinski definition) is 3. The molecule has 0 bridgehead atoms. The molecule has 0 unspecified atom stereocenters. The molecule has 0 aliphatic rings.